The molecule has 0 saturated heterocycles. The zero-order valence-electron chi connectivity index (χ0n) is 10.7. The molecule has 2 aromatic heterocycles. The van der Waals surface area contributed by atoms with Crippen molar-refractivity contribution < 1.29 is 9.53 Å². The number of ether oxygens (including phenoxy) is 1. The van der Waals surface area contributed by atoms with E-state index in [1.54, 1.807) is 7.11 Å². The van der Waals surface area contributed by atoms with Crippen molar-refractivity contribution in [2.45, 2.75) is 0 Å². The zero-order chi connectivity index (χ0) is 14.1. The fourth-order valence-corrected chi connectivity index (χ4v) is 2.53. The molecule has 100 valence electrons. The third-order valence-electron chi connectivity index (χ3n) is 3.09. The minimum atomic E-state index is 0.415. The first-order chi connectivity index (χ1) is 9.74. The first-order valence-electron chi connectivity index (χ1n) is 6.01. The summed E-state index contributed by atoms with van der Waals surface area (Å²) in [5.41, 5.74) is 2.03. The fourth-order valence-electron chi connectivity index (χ4n) is 2.19. The van der Waals surface area contributed by atoms with Crippen LogP contribution in [0.4, 0.5) is 0 Å². The maximum atomic E-state index is 11.2. The fraction of sp³-hybridized carbons (Fsp3) is 0.0667. The Morgan fingerprint density at radius 1 is 1.25 bits per heavy atom. The summed E-state index contributed by atoms with van der Waals surface area (Å²) >= 11 is 3.44. The van der Waals surface area contributed by atoms with Gasteiger partial charge in [-0.1, -0.05) is 12.1 Å². The molecule has 3 rings (SSSR count). The summed E-state index contributed by atoms with van der Waals surface area (Å²) in [6, 6.07) is 11.3. The summed E-state index contributed by atoms with van der Waals surface area (Å²) in [7, 11) is 1.62. The van der Waals surface area contributed by atoms with Gasteiger partial charge in [0.15, 0.2) is 6.29 Å². The lowest BCUT2D eigenvalue weighted by atomic mass is 10.2. The van der Waals surface area contributed by atoms with Gasteiger partial charge in [-0.2, -0.15) is 0 Å². The summed E-state index contributed by atoms with van der Waals surface area (Å²) in [5, 5.41) is 0. The van der Waals surface area contributed by atoms with E-state index in [-0.39, 0.29) is 0 Å². The van der Waals surface area contributed by atoms with Gasteiger partial charge in [-0.05, 0) is 40.2 Å². The normalized spacial score (nSPS) is 10.7. The van der Waals surface area contributed by atoms with Crippen molar-refractivity contribution in [1.29, 1.82) is 0 Å². The molecule has 0 fully saturated rings. The number of hydrogen-bond acceptors (Lipinski definition) is 3. The number of nitrogens with zero attached hydrogens (tertiary/aromatic N) is 2. The van der Waals surface area contributed by atoms with Crippen molar-refractivity contribution >= 4 is 27.7 Å². The molecule has 20 heavy (non-hydrogen) atoms. The number of halogens is 1. The Bertz CT molecular complexity index is 796. The number of benzene rings is 1. The van der Waals surface area contributed by atoms with E-state index >= 15 is 0 Å². The predicted molar refractivity (Wildman–Crippen MR) is 80.3 cm³/mol. The first-order valence-corrected chi connectivity index (χ1v) is 6.80. The Morgan fingerprint density at radius 2 is 2.05 bits per heavy atom. The third kappa shape index (κ3) is 2.00. The lowest BCUT2D eigenvalue weighted by Crippen LogP contribution is -1.93. The predicted octanol–water partition coefficient (Wildman–Crippen LogP) is 3.58. The number of fused-ring (bicyclic) bond motifs is 1. The second-order valence-electron chi connectivity index (χ2n) is 4.24. The molecular formula is C15H11BrN2O2. The number of carbonyl (C=O) groups is 1. The number of carbonyl (C=O) groups excluding carboxylic acids is 1. The van der Waals surface area contributed by atoms with Crippen LogP contribution in [-0.2, 0) is 0 Å². The van der Waals surface area contributed by atoms with E-state index in [2.05, 4.69) is 20.9 Å². The van der Waals surface area contributed by atoms with Gasteiger partial charge in [0.25, 0.3) is 0 Å². The van der Waals surface area contributed by atoms with Gasteiger partial charge in [0.05, 0.1) is 18.2 Å². The maximum Gasteiger partial charge on any atom is 0.170 e. The number of rotatable bonds is 3. The zero-order valence-corrected chi connectivity index (χ0v) is 12.3. The highest BCUT2D eigenvalue weighted by atomic mass is 79.9. The van der Waals surface area contributed by atoms with Gasteiger partial charge in [-0.25, -0.2) is 4.98 Å². The van der Waals surface area contributed by atoms with Crippen molar-refractivity contribution in [2.75, 3.05) is 7.11 Å². The molecule has 0 aliphatic rings. The average Bonchev–Trinajstić information content (AvgIpc) is 2.84. The van der Waals surface area contributed by atoms with Crippen LogP contribution in [0.2, 0.25) is 0 Å². The van der Waals surface area contributed by atoms with Crippen molar-refractivity contribution in [1.82, 2.24) is 9.38 Å². The monoisotopic (exact) mass is 330 g/mol. The van der Waals surface area contributed by atoms with Crippen molar-refractivity contribution in [3.8, 4) is 17.1 Å². The SMILES string of the molecule is COc1ccccc1-c1nc(C=O)c2ccc(Br)cn12. The van der Waals surface area contributed by atoms with Crippen LogP contribution < -0.4 is 4.74 Å². The molecule has 0 spiro atoms. The standard InChI is InChI=1S/C15H11BrN2O2/c1-20-14-5-3-2-4-11(14)15-17-12(9-19)13-7-6-10(16)8-18(13)15/h2-9H,1H3. The molecule has 0 unspecified atom stereocenters. The van der Waals surface area contributed by atoms with E-state index in [9.17, 15) is 4.79 Å². The van der Waals surface area contributed by atoms with Crippen LogP contribution in [-0.4, -0.2) is 22.8 Å². The highest BCUT2D eigenvalue weighted by Crippen LogP contribution is 2.30. The first kappa shape index (κ1) is 12.9. The number of aromatic nitrogens is 2. The smallest absolute Gasteiger partial charge is 0.170 e. The molecule has 0 saturated carbocycles. The van der Waals surface area contributed by atoms with Crippen molar-refractivity contribution in [2.24, 2.45) is 0 Å². The largest absolute Gasteiger partial charge is 0.496 e. The Morgan fingerprint density at radius 3 is 2.80 bits per heavy atom. The Labute approximate surface area is 124 Å². The van der Waals surface area contributed by atoms with E-state index in [1.165, 1.54) is 0 Å². The topological polar surface area (TPSA) is 43.6 Å². The van der Waals surface area contributed by atoms with Gasteiger partial charge in [-0.15, -0.1) is 0 Å². The minimum absolute atomic E-state index is 0.415. The summed E-state index contributed by atoms with van der Waals surface area (Å²) in [4.78, 5) is 15.6. The van der Waals surface area contributed by atoms with Crippen LogP contribution in [0, 0.1) is 0 Å². The molecule has 0 radical (unpaired) electrons. The molecular weight excluding hydrogens is 320 g/mol. The summed E-state index contributed by atoms with van der Waals surface area (Å²) in [6.07, 6.45) is 2.65. The highest BCUT2D eigenvalue weighted by molar-refractivity contribution is 9.10. The quantitative estimate of drug-likeness (QED) is 0.689. The van der Waals surface area contributed by atoms with Gasteiger partial charge in [-0.3, -0.25) is 9.20 Å². The molecule has 4 nitrogen and oxygen atoms in total. The molecule has 2 heterocycles. The molecule has 0 atom stereocenters. The second kappa shape index (κ2) is 5.09. The van der Waals surface area contributed by atoms with E-state index in [0.717, 1.165) is 27.6 Å². The number of hydrogen-bond donors (Lipinski definition) is 0. The molecule has 1 aromatic carbocycles. The Balaban J connectivity index is 2.36. The summed E-state index contributed by atoms with van der Waals surface area (Å²) in [5.74, 6) is 1.40. The molecule has 0 aliphatic carbocycles. The van der Waals surface area contributed by atoms with Crippen molar-refractivity contribution in [3.63, 3.8) is 0 Å². The van der Waals surface area contributed by atoms with Crippen LogP contribution in [0.1, 0.15) is 10.5 Å². The van der Waals surface area contributed by atoms with Crippen LogP contribution in [0.15, 0.2) is 47.1 Å². The number of aldehydes is 1. The molecule has 0 bridgehead atoms. The van der Waals surface area contributed by atoms with Gasteiger partial charge in [0.1, 0.15) is 17.3 Å². The molecule has 0 N–H and O–H groups in total. The third-order valence-corrected chi connectivity index (χ3v) is 3.56. The molecule has 3 aromatic rings. The van der Waals surface area contributed by atoms with E-state index < -0.39 is 0 Å². The minimum Gasteiger partial charge on any atom is -0.496 e. The molecule has 5 heteroatoms. The van der Waals surface area contributed by atoms with Crippen LogP contribution >= 0.6 is 15.9 Å². The number of imidazole rings is 1. The second-order valence-corrected chi connectivity index (χ2v) is 5.16. The van der Waals surface area contributed by atoms with E-state index in [1.807, 2.05) is 47.0 Å². The Hall–Kier alpha value is -2.14. The molecule has 0 aliphatic heterocycles. The van der Waals surface area contributed by atoms with E-state index in [4.69, 9.17) is 4.74 Å². The highest BCUT2D eigenvalue weighted by Gasteiger charge is 2.15. The van der Waals surface area contributed by atoms with E-state index in [0.29, 0.717) is 11.5 Å². The lowest BCUT2D eigenvalue weighted by molar-refractivity contribution is 0.112. The van der Waals surface area contributed by atoms with Gasteiger partial charge in [0.2, 0.25) is 0 Å². The lowest BCUT2D eigenvalue weighted by Gasteiger charge is -2.07. The van der Waals surface area contributed by atoms with Gasteiger partial charge < -0.3 is 4.74 Å². The van der Waals surface area contributed by atoms with Gasteiger partial charge in [0, 0.05) is 10.7 Å². The van der Waals surface area contributed by atoms with Crippen LogP contribution in [0.3, 0.4) is 0 Å². The summed E-state index contributed by atoms with van der Waals surface area (Å²) < 4.78 is 8.16. The summed E-state index contributed by atoms with van der Waals surface area (Å²) in [6.45, 7) is 0. The van der Waals surface area contributed by atoms with Crippen LogP contribution in [0.25, 0.3) is 16.9 Å². The average molecular weight is 331 g/mol. The number of methoxy groups -OCH3 is 1. The maximum absolute atomic E-state index is 11.2. The van der Waals surface area contributed by atoms with Crippen molar-refractivity contribution in [3.05, 3.63) is 52.8 Å². The van der Waals surface area contributed by atoms with Gasteiger partial charge >= 0.3 is 0 Å². The Kier molecular flexibility index (Phi) is 3.28. The number of pyridine rings is 1. The van der Waals surface area contributed by atoms with Crippen LogP contribution in [0.5, 0.6) is 5.75 Å². The number of para-hydroxylation sites is 1. The molecule has 0 amide bonds.